The van der Waals surface area contributed by atoms with Crippen molar-refractivity contribution in [3.63, 3.8) is 0 Å². The maximum atomic E-state index is 13.1. The Balaban J connectivity index is 1.91. The summed E-state index contributed by atoms with van der Waals surface area (Å²) in [6.45, 7) is 1.93. The van der Waals surface area contributed by atoms with E-state index in [1.165, 1.54) is 11.3 Å². The third-order valence-electron chi connectivity index (χ3n) is 5.27. The highest BCUT2D eigenvalue weighted by atomic mass is 32.1. The number of nitrogens with zero attached hydrogens (tertiary/aromatic N) is 6. The number of nitrogens with one attached hydrogen (secondary N) is 1. The molecule has 3 N–H and O–H groups in total. The molecule has 0 saturated heterocycles. The van der Waals surface area contributed by atoms with E-state index in [9.17, 15) is 4.79 Å². The lowest BCUT2D eigenvalue weighted by atomic mass is 10.1. The van der Waals surface area contributed by atoms with Crippen LogP contribution in [0.15, 0.2) is 42.0 Å². The highest BCUT2D eigenvalue weighted by Crippen LogP contribution is 2.40. The van der Waals surface area contributed by atoms with E-state index in [1.807, 2.05) is 11.8 Å². The number of amides is 1. The number of allylic oxidation sites excluding steroid dienone is 1. The summed E-state index contributed by atoms with van der Waals surface area (Å²) in [5, 5.41) is 19.4. The molecule has 2 aromatic heterocycles. The van der Waals surface area contributed by atoms with Crippen LogP contribution >= 0.6 is 11.3 Å². The Labute approximate surface area is 189 Å². The number of carbonyl (C=O) groups excluding carboxylic acids is 1. The van der Waals surface area contributed by atoms with Crippen LogP contribution < -0.4 is 15.5 Å². The van der Waals surface area contributed by atoms with Crippen LogP contribution in [0, 0.1) is 16.7 Å². The SMILES string of the molecule is CCC1C(=O)N(C)c2cnc(/C(C=N)=C(/N)c3nccs3)nc2N1c1ccc(C#N)cc1. The molecule has 0 bridgehead atoms. The Kier molecular flexibility index (Phi) is 5.66. The average Bonchev–Trinajstić information content (AvgIpc) is 3.37. The molecule has 1 aromatic carbocycles. The van der Waals surface area contributed by atoms with Gasteiger partial charge in [0.15, 0.2) is 11.6 Å². The number of carbonyl (C=O) groups is 1. The minimum absolute atomic E-state index is 0.0779. The van der Waals surface area contributed by atoms with Crippen LogP contribution in [0.2, 0.25) is 0 Å². The van der Waals surface area contributed by atoms with Crippen molar-refractivity contribution in [3.05, 3.63) is 58.4 Å². The van der Waals surface area contributed by atoms with Crippen molar-refractivity contribution < 1.29 is 4.79 Å². The van der Waals surface area contributed by atoms with E-state index in [0.29, 0.717) is 39.8 Å². The first kappa shape index (κ1) is 21.1. The topological polar surface area (TPSA) is 136 Å². The molecule has 9 nitrogen and oxygen atoms in total. The monoisotopic (exact) mass is 444 g/mol. The van der Waals surface area contributed by atoms with E-state index < -0.39 is 6.04 Å². The van der Waals surface area contributed by atoms with Gasteiger partial charge in [-0.25, -0.2) is 15.0 Å². The van der Waals surface area contributed by atoms with Gasteiger partial charge >= 0.3 is 0 Å². The van der Waals surface area contributed by atoms with Crippen LogP contribution in [0.25, 0.3) is 11.3 Å². The number of aromatic nitrogens is 3. The fourth-order valence-electron chi connectivity index (χ4n) is 3.60. The first-order chi connectivity index (χ1) is 15.5. The van der Waals surface area contributed by atoms with E-state index in [4.69, 9.17) is 21.4 Å². The molecule has 1 aliphatic heterocycles. The number of fused-ring (bicyclic) bond motifs is 1. The molecule has 1 atom stereocenters. The normalized spacial score (nSPS) is 16.3. The molecule has 0 fully saturated rings. The van der Waals surface area contributed by atoms with Crippen LogP contribution in [-0.2, 0) is 4.79 Å². The fraction of sp³-hybridized carbons (Fsp3) is 0.182. The predicted molar refractivity (Wildman–Crippen MR) is 125 cm³/mol. The summed E-state index contributed by atoms with van der Waals surface area (Å²) in [5.74, 6) is 0.716. The van der Waals surface area contributed by atoms with Crippen LogP contribution in [0.1, 0.15) is 29.7 Å². The second-order valence-corrected chi connectivity index (χ2v) is 7.96. The molecule has 10 heteroatoms. The number of hydrogen-bond donors (Lipinski definition) is 2. The van der Waals surface area contributed by atoms with Crippen molar-refractivity contribution >= 4 is 51.9 Å². The summed E-state index contributed by atoms with van der Waals surface area (Å²) in [6, 6.07) is 8.62. The lowest BCUT2D eigenvalue weighted by Crippen LogP contribution is -2.50. The molecular formula is C22H20N8OS. The van der Waals surface area contributed by atoms with Crippen molar-refractivity contribution in [1.29, 1.82) is 10.7 Å². The Bertz CT molecular complexity index is 1240. The molecule has 1 amide bonds. The first-order valence-electron chi connectivity index (χ1n) is 9.84. The second kappa shape index (κ2) is 8.56. The van der Waals surface area contributed by atoms with Crippen molar-refractivity contribution in [3.8, 4) is 6.07 Å². The van der Waals surface area contributed by atoms with E-state index in [-0.39, 0.29) is 11.7 Å². The first-order valence-corrected chi connectivity index (χ1v) is 10.7. The molecule has 3 heterocycles. The van der Waals surface area contributed by atoms with Crippen LogP contribution in [-0.4, -0.2) is 40.2 Å². The van der Waals surface area contributed by atoms with Crippen molar-refractivity contribution in [2.24, 2.45) is 5.73 Å². The maximum absolute atomic E-state index is 13.1. The van der Waals surface area contributed by atoms with E-state index in [2.05, 4.69) is 16.0 Å². The third-order valence-corrected chi connectivity index (χ3v) is 6.07. The number of nitrogens with two attached hydrogens (primary N) is 1. The number of nitriles is 1. The average molecular weight is 445 g/mol. The van der Waals surface area contributed by atoms with E-state index in [0.717, 1.165) is 11.9 Å². The zero-order valence-corrected chi connectivity index (χ0v) is 18.3. The van der Waals surface area contributed by atoms with Gasteiger partial charge in [0.2, 0.25) is 5.91 Å². The number of hydrogen-bond acceptors (Lipinski definition) is 9. The molecule has 0 aliphatic carbocycles. The Morgan fingerprint density at radius 2 is 2.09 bits per heavy atom. The highest BCUT2D eigenvalue weighted by Gasteiger charge is 2.38. The number of benzene rings is 1. The van der Waals surface area contributed by atoms with E-state index >= 15 is 0 Å². The quantitative estimate of drug-likeness (QED) is 0.577. The summed E-state index contributed by atoms with van der Waals surface area (Å²) < 4.78 is 0. The van der Waals surface area contributed by atoms with Crippen molar-refractivity contribution in [2.45, 2.75) is 19.4 Å². The zero-order valence-electron chi connectivity index (χ0n) is 17.5. The summed E-state index contributed by atoms with van der Waals surface area (Å²) in [6.07, 6.45) is 4.87. The Morgan fingerprint density at radius 3 is 2.69 bits per heavy atom. The summed E-state index contributed by atoms with van der Waals surface area (Å²) in [4.78, 5) is 29.8. The standard InChI is InChI=1S/C22H20N8OS/c1-3-16-22(31)29(2)17-12-27-19(15(11-24)18(25)21-26-8-9-32-21)28-20(17)30(16)14-6-4-13(10-23)5-7-14/h4-9,11-12,16,24H,3,25H2,1-2H3/b18-15+,24-11?. The van der Waals surface area contributed by atoms with Crippen LogP contribution in [0.5, 0.6) is 0 Å². The van der Waals surface area contributed by atoms with Crippen LogP contribution in [0.4, 0.5) is 17.2 Å². The second-order valence-electron chi connectivity index (χ2n) is 7.06. The number of likely N-dealkylation sites (N-methyl/N-ethyl adjacent to an activating group) is 1. The van der Waals surface area contributed by atoms with Gasteiger partial charge < -0.3 is 20.9 Å². The largest absolute Gasteiger partial charge is 0.396 e. The molecule has 0 spiro atoms. The smallest absolute Gasteiger partial charge is 0.250 e. The van der Waals surface area contributed by atoms with Crippen molar-refractivity contribution in [2.75, 3.05) is 16.8 Å². The molecule has 0 radical (unpaired) electrons. The molecule has 1 aliphatic rings. The van der Waals surface area contributed by atoms with Gasteiger partial charge in [-0.15, -0.1) is 11.3 Å². The molecule has 3 aromatic rings. The molecule has 4 rings (SSSR count). The van der Waals surface area contributed by atoms with Gasteiger partial charge in [0.1, 0.15) is 16.7 Å². The minimum atomic E-state index is -0.480. The Morgan fingerprint density at radius 1 is 1.34 bits per heavy atom. The fourth-order valence-corrected chi connectivity index (χ4v) is 4.21. The summed E-state index contributed by atoms with van der Waals surface area (Å²) in [5.41, 5.74) is 8.73. The van der Waals surface area contributed by atoms with Gasteiger partial charge in [-0.05, 0) is 30.7 Å². The molecule has 160 valence electrons. The zero-order chi connectivity index (χ0) is 22.8. The molecule has 32 heavy (non-hydrogen) atoms. The lowest BCUT2D eigenvalue weighted by Gasteiger charge is -2.40. The highest BCUT2D eigenvalue weighted by molar-refractivity contribution is 7.10. The van der Waals surface area contributed by atoms with Gasteiger partial charge in [0.05, 0.1) is 29.1 Å². The number of anilines is 3. The van der Waals surface area contributed by atoms with Gasteiger partial charge in [-0.2, -0.15) is 5.26 Å². The lowest BCUT2D eigenvalue weighted by molar-refractivity contribution is -0.119. The van der Waals surface area contributed by atoms with Gasteiger partial charge in [-0.3, -0.25) is 4.79 Å². The predicted octanol–water partition coefficient (Wildman–Crippen LogP) is 3.17. The van der Waals surface area contributed by atoms with Gasteiger partial charge in [0.25, 0.3) is 0 Å². The number of rotatable bonds is 5. The summed E-state index contributed by atoms with van der Waals surface area (Å²) >= 11 is 1.36. The van der Waals surface area contributed by atoms with Crippen LogP contribution in [0.3, 0.4) is 0 Å². The Hall–Kier alpha value is -4.10. The minimum Gasteiger partial charge on any atom is -0.396 e. The van der Waals surface area contributed by atoms with Gasteiger partial charge in [0, 0.05) is 30.5 Å². The summed E-state index contributed by atoms with van der Waals surface area (Å²) in [7, 11) is 1.69. The maximum Gasteiger partial charge on any atom is 0.250 e. The third kappa shape index (κ3) is 3.48. The molecule has 0 saturated carbocycles. The molecular weight excluding hydrogens is 424 g/mol. The van der Waals surface area contributed by atoms with E-state index in [1.54, 1.807) is 54.0 Å². The van der Waals surface area contributed by atoms with Crippen molar-refractivity contribution in [1.82, 2.24) is 15.0 Å². The number of thiazole rings is 1. The van der Waals surface area contributed by atoms with Gasteiger partial charge in [-0.1, -0.05) is 6.92 Å². The molecule has 1 unspecified atom stereocenters.